The number of hydrogen-bond acceptors (Lipinski definition) is 2. The van der Waals surface area contributed by atoms with Crippen molar-refractivity contribution in [3.63, 3.8) is 0 Å². The van der Waals surface area contributed by atoms with Crippen molar-refractivity contribution in [2.24, 2.45) is 0 Å². The highest BCUT2D eigenvalue weighted by atomic mass is 35.5. The molecule has 1 aromatic carbocycles. The van der Waals surface area contributed by atoms with E-state index in [2.05, 4.69) is 0 Å². The lowest BCUT2D eigenvalue weighted by atomic mass is 9.99. The fourth-order valence-corrected chi connectivity index (χ4v) is 2.21. The average molecular weight is 318 g/mol. The van der Waals surface area contributed by atoms with Crippen LogP contribution in [0.3, 0.4) is 0 Å². The minimum Gasteiger partial charge on any atom is -0.480 e. The van der Waals surface area contributed by atoms with Crippen LogP contribution in [-0.4, -0.2) is 35.0 Å². The van der Waals surface area contributed by atoms with Gasteiger partial charge in [0.1, 0.15) is 6.54 Å². The van der Waals surface area contributed by atoms with E-state index in [9.17, 15) is 9.59 Å². The first-order valence-corrected chi connectivity index (χ1v) is 7.08. The van der Waals surface area contributed by atoms with Crippen LogP contribution in [0.25, 0.3) is 0 Å². The summed E-state index contributed by atoms with van der Waals surface area (Å²) in [4.78, 5) is 24.5. The van der Waals surface area contributed by atoms with Crippen LogP contribution in [0.4, 0.5) is 0 Å². The fraction of sp³-hybridized carbons (Fsp3) is 0.429. The Morgan fingerprint density at radius 3 is 2.45 bits per heavy atom. The smallest absolute Gasteiger partial charge is 0.323 e. The molecule has 1 aromatic rings. The van der Waals surface area contributed by atoms with Crippen molar-refractivity contribution in [2.75, 3.05) is 13.1 Å². The van der Waals surface area contributed by atoms with Crippen molar-refractivity contribution in [3.05, 3.63) is 33.8 Å². The van der Waals surface area contributed by atoms with Gasteiger partial charge in [-0.3, -0.25) is 9.59 Å². The quantitative estimate of drug-likeness (QED) is 0.874. The first kappa shape index (κ1) is 16.8. The lowest BCUT2D eigenvalue weighted by Crippen LogP contribution is -2.38. The second kappa shape index (κ2) is 7.50. The van der Waals surface area contributed by atoms with Gasteiger partial charge in [0.05, 0.1) is 16.0 Å². The maximum absolute atomic E-state index is 12.4. The molecular formula is C14H17Cl2NO3. The summed E-state index contributed by atoms with van der Waals surface area (Å²) in [6.45, 7) is 3.74. The molecule has 1 atom stereocenters. The third-order valence-corrected chi connectivity index (χ3v) is 3.68. The highest BCUT2D eigenvalue weighted by Crippen LogP contribution is 2.27. The average Bonchev–Trinajstić information content (AvgIpc) is 2.39. The van der Waals surface area contributed by atoms with Crippen LogP contribution in [0.5, 0.6) is 0 Å². The molecule has 1 rings (SSSR count). The summed E-state index contributed by atoms with van der Waals surface area (Å²) in [5.74, 6) is -1.71. The molecule has 0 radical (unpaired) electrons. The monoisotopic (exact) mass is 317 g/mol. The Bertz CT molecular complexity index is 505. The van der Waals surface area contributed by atoms with E-state index in [0.717, 1.165) is 5.56 Å². The second-order valence-corrected chi connectivity index (χ2v) is 5.36. The summed E-state index contributed by atoms with van der Waals surface area (Å²) in [5, 5.41) is 9.66. The normalized spacial score (nSPS) is 12.0. The molecule has 0 aromatic heterocycles. The third-order valence-electron chi connectivity index (χ3n) is 2.95. The fourth-order valence-electron chi connectivity index (χ4n) is 1.90. The zero-order valence-corrected chi connectivity index (χ0v) is 12.9. The Balaban J connectivity index is 2.92. The van der Waals surface area contributed by atoms with Crippen molar-refractivity contribution < 1.29 is 14.7 Å². The van der Waals surface area contributed by atoms with E-state index in [0.29, 0.717) is 23.0 Å². The lowest BCUT2D eigenvalue weighted by molar-refractivity contribution is -0.145. The van der Waals surface area contributed by atoms with Crippen LogP contribution in [0.15, 0.2) is 18.2 Å². The van der Waals surface area contributed by atoms with E-state index in [-0.39, 0.29) is 12.5 Å². The zero-order chi connectivity index (χ0) is 15.3. The SMILES string of the molecule is CCCN(CC(=O)O)C(=O)C(C)c1ccc(Cl)c(Cl)c1. The number of rotatable bonds is 6. The highest BCUT2D eigenvalue weighted by molar-refractivity contribution is 6.42. The number of halogens is 2. The molecule has 0 spiro atoms. The number of carboxylic acids is 1. The Morgan fingerprint density at radius 1 is 1.30 bits per heavy atom. The van der Waals surface area contributed by atoms with Gasteiger partial charge in [0, 0.05) is 6.54 Å². The maximum atomic E-state index is 12.4. The molecule has 0 bridgehead atoms. The van der Waals surface area contributed by atoms with Crippen LogP contribution >= 0.6 is 23.2 Å². The molecular weight excluding hydrogens is 301 g/mol. The molecule has 1 amide bonds. The summed E-state index contributed by atoms with van der Waals surface area (Å²) in [6, 6.07) is 4.99. The van der Waals surface area contributed by atoms with Crippen molar-refractivity contribution in [1.29, 1.82) is 0 Å². The van der Waals surface area contributed by atoms with Crippen LogP contribution in [0.2, 0.25) is 10.0 Å². The Morgan fingerprint density at radius 2 is 1.95 bits per heavy atom. The predicted molar refractivity (Wildman–Crippen MR) is 79.4 cm³/mol. The van der Waals surface area contributed by atoms with Gasteiger partial charge in [0.2, 0.25) is 5.91 Å². The summed E-state index contributed by atoms with van der Waals surface area (Å²) in [5.41, 5.74) is 0.718. The highest BCUT2D eigenvalue weighted by Gasteiger charge is 2.23. The number of nitrogens with zero attached hydrogens (tertiary/aromatic N) is 1. The van der Waals surface area contributed by atoms with E-state index in [1.165, 1.54) is 4.90 Å². The number of aliphatic carboxylic acids is 1. The summed E-state index contributed by atoms with van der Waals surface area (Å²) >= 11 is 11.8. The van der Waals surface area contributed by atoms with Gasteiger partial charge >= 0.3 is 5.97 Å². The zero-order valence-electron chi connectivity index (χ0n) is 11.4. The number of benzene rings is 1. The van der Waals surface area contributed by atoms with E-state index < -0.39 is 11.9 Å². The van der Waals surface area contributed by atoms with Crippen LogP contribution < -0.4 is 0 Å². The second-order valence-electron chi connectivity index (χ2n) is 4.55. The molecule has 1 unspecified atom stereocenters. The van der Waals surface area contributed by atoms with E-state index in [1.54, 1.807) is 25.1 Å². The molecule has 0 aliphatic heterocycles. The summed E-state index contributed by atoms with van der Waals surface area (Å²) in [7, 11) is 0. The predicted octanol–water partition coefficient (Wildman–Crippen LogP) is 3.42. The Kier molecular flexibility index (Phi) is 6.30. The minimum atomic E-state index is -1.02. The molecule has 0 saturated heterocycles. The van der Waals surface area contributed by atoms with Gasteiger partial charge < -0.3 is 10.0 Å². The van der Waals surface area contributed by atoms with Gasteiger partial charge in [-0.25, -0.2) is 0 Å². The Hall–Kier alpha value is -1.26. The van der Waals surface area contributed by atoms with Crippen LogP contribution in [-0.2, 0) is 9.59 Å². The standard InChI is InChI=1S/C14H17Cl2NO3/c1-3-6-17(8-13(18)19)14(20)9(2)10-4-5-11(15)12(16)7-10/h4-5,7,9H,3,6,8H2,1-2H3,(H,18,19). The van der Waals surface area contributed by atoms with E-state index >= 15 is 0 Å². The van der Waals surface area contributed by atoms with Crippen molar-refractivity contribution in [3.8, 4) is 0 Å². The van der Waals surface area contributed by atoms with Crippen molar-refractivity contribution in [1.82, 2.24) is 4.90 Å². The number of amides is 1. The Labute approximate surface area is 128 Å². The molecule has 0 aliphatic carbocycles. The van der Waals surface area contributed by atoms with Gasteiger partial charge in [-0.05, 0) is 31.0 Å². The molecule has 6 heteroatoms. The van der Waals surface area contributed by atoms with Gasteiger partial charge in [0.15, 0.2) is 0 Å². The van der Waals surface area contributed by atoms with Gasteiger partial charge in [0.25, 0.3) is 0 Å². The lowest BCUT2D eigenvalue weighted by Gasteiger charge is -2.24. The minimum absolute atomic E-state index is 0.229. The van der Waals surface area contributed by atoms with E-state index in [4.69, 9.17) is 28.3 Å². The molecule has 20 heavy (non-hydrogen) atoms. The number of hydrogen-bond donors (Lipinski definition) is 1. The first-order chi connectivity index (χ1) is 9.36. The molecule has 0 heterocycles. The topological polar surface area (TPSA) is 57.6 Å². The van der Waals surface area contributed by atoms with Gasteiger partial charge in [-0.1, -0.05) is 36.2 Å². The number of carboxylic acid groups (broad SMARTS) is 1. The molecule has 110 valence electrons. The number of carbonyl (C=O) groups is 2. The summed E-state index contributed by atoms with van der Waals surface area (Å²) < 4.78 is 0. The molecule has 0 aliphatic rings. The molecule has 4 nitrogen and oxygen atoms in total. The first-order valence-electron chi connectivity index (χ1n) is 6.32. The summed E-state index contributed by atoms with van der Waals surface area (Å²) in [6.07, 6.45) is 0.702. The maximum Gasteiger partial charge on any atom is 0.323 e. The number of carbonyl (C=O) groups excluding carboxylic acids is 1. The van der Waals surface area contributed by atoms with Gasteiger partial charge in [-0.2, -0.15) is 0 Å². The largest absolute Gasteiger partial charge is 0.480 e. The van der Waals surface area contributed by atoms with Crippen LogP contribution in [0.1, 0.15) is 31.7 Å². The third kappa shape index (κ3) is 4.39. The molecule has 0 saturated carbocycles. The van der Waals surface area contributed by atoms with Crippen molar-refractivity contribution >= 4 is 35.1 Å². The van der Waals surface area contributed by atoms with Gasteiger partial charge in [-0.15, -0.1) is 0 Å². The van der Waals surface area contributed by atoms with Crippen LogP contribution in [0, 0.1) is 0 Å². The molecule has 0 fully saturated rings. The van der Waals surface area contributed by atoms with Crippen molar-refractivity contribution in [2.45, 2.75) is 26.2 Å². The van der Waals surface area contributed by atoms with E-state index in [1.807, 2.05) is 6.92 Å². The molecule has 1 N–H and O–H groups in total.